The van der Waals surface area contributed by atoms with E-state index in [1.165, 1.54) is 6.07 Å². The van der Waals surface area contributed by atoms with Gasteiger partial charge in [-0.25, -0.2) is 14.1 Å². The summed E-state index contributed by atoms with van der Waals surface area (Å²) in [6, 6.07) is 22.3. The van der Waals surface area contributed by atoms with Crippen LogP contribution in [0.4, 0.5) is 4.39 Å². The number of rotatable bonds is 7. The van der Waals surface area contributed by atoms with Crippen LogP contribution in [-0.2, 0) is 13.1 Å². The van der Waals surface area contributed by atoms with Crippen LogP contribution in [0.15, 0.2) is 91.4 Å². The molecule has 0 unspecified atom stereocenters. The molecule has 0 atom stereocenters. The van der Waals surface area contributed by atoms with Gasteiger partial charge in [-0.05, 0) is 42.7 Å². The van der Waals surface area contributed by atoms with Crippen molar-refractivity contribution in [2.45, 2.75) is 32.0 Å². The van der Waals surface area contributed by atoms with Crippen LogP contribution < -0.4 is 0 Å². The number of hydrogen-bond donors (Lipinski definition) is 0. The van der Waals surface area contributed by atoms with E-state index in [4.69, 9.17) is 4.98 Å². The maximum absolute atomic E-state index is 14.5. The fourth-order valence-electron chi connectivity index (χ4n) is 4.48. The van der Waals surface area contributed by atoms with Gasteiger partial charge in [-0.15, -0.1) is 0 Å². The first-order chi connectivity index (χ1) is 17.7. The Bertz CT molecular complexity index is 1530. The molecule has 0 N–H and O–H groups in total. The summed E-state index contributed by atoms with van der Waals surface area (Å²) >= 11 is 0. The Balaban J connectivity index is 1.45. The molecule has 3 aromatic heterocycles. The third-order valence-corrected chi connectivity index (χ3v) is 6.54. The Morgan fingerprint density at radius 3 is 2.50 bits per heavy atom. The third kappa shape index (κ3) is 4.35. The summed E-state index contributed by atoms with van der Waals surface area (Å²) in [5, 5.41) is 5.28. The molecule has 1 aliphatic carbocycles. The number of hydrogen-bond acceptors (Lipinski definition) is 4. The zero-order valence-electron chi connectivity index (χ0n) is 19.6. The molecule has 1 amide bonds. The maximum Gasteiger partial charge on any atom is 0.255 e. The summed E-state index contributed by atoms with van der Waals surface area (Å²) in [5.74, 6) is -0.431. The van der Waals surface area contributed by atoms with Crippen LogP contribution in [0.25, 0.3) is 22.3 Å². The predicted molar refractivity (Wildman–Crippen MR) is 136 cm³/mol. The number of nitrogens with zero attached hydrogens (tertiary/aromatic N) is 5. The van der Waals surface area contributed by atoms with E-state index >= 15 is 0 Å². The van der Waals surface area contributed by atoms with Crippen LogP contribution in [0.5, 0.6) is 0 Å². The van der Waals surface area contributed by atoms with E-state index in [1.807, 2.05) is 53.2 Å². The van der Waals surface area contributed by atoms with Gasteiger partial charge in [0.1, 0.15) is 5.82 Å². The first kappa shape index (κ1) is 22.1. The third-order valence-electron chi connectivity index (χ3n) is 6.54. The second kappa shape index (κ2) is 9.34. The van der Waals surface area contributed by atoms with Gasteiger partial charge in [0.15, 0.2) is 5.65 Å². The Morgan fingerprint density at radius 1 is 1.00 bits per heavy atom. The molecule has 36 heavy (non-hydrogen) atoms. The van der Waals surface area contributed by atoms with E-state index < -0.39 is 0 Å². The maximum atomic E-state index is 14.5. The average Bonchev–Trinajstić information content (AvgIpc) is 3.69. The molecule has 0 aliphatic heterocycles. The highest BCUT2D eigenvalue weighted by atomic mass is 19.1. The molecular weight excluding hydrogens is 453 g/mol. The van der Waals surface area contributed by atoms with Gasteiger partial charge in [-0.2, -0.15) is 5.10 Å². The van der Waals surface area contributed by atoms with E-state index in [2.05, 4.69) is 10.1 Å². The summed E-state index contributed by atoms with van der Waals surface area (Å²) in [7, 11) is 0. The lowest BCUT2D eigenvalue weighted by Gasteiger charge is -2.23. The first-order valence-corrected chi connectivity index (χ1v) is 12.0. The number of amides is 1. The minimum atomic E-state index is -0.300. The zero-order chi connectivity index (χ0) is 24.5. The summed E-state index contributed by atoms with van der Waals surface area (Å²) in [4.78, 5) is 24.8. The van der Waals surface area contributed by atoms with Crippen LogP contribution in [0.2, 0.25) is 0 Å². The van der Waals surface area contributed by atoms with E-state index in [0.717, 1.165) is 24.0 Å². The molecule has 0 radical (unpaired) electrons. The highest BCUT2D eigenvalue weighted by Gasteiger charge is 2.34. The molecule has 3 heterocycles. The van der Waals surface area contributed by atoms with Gasteiger partial charge in [0, 0.05) is 36.1 Å². The van der Waals surface area contributed by atoms with Crippen LogP contribution >= 0.6 is 0 Å². The summed E-state index contributed by atoms with van der Waals surface area (Å²) < 4.78 is 16.3. The highest BCUT2D eigenvalue weighted by Crippen LogP contribution is 2.33. The van der Waals surface area contributed by atoms with Crippen molar-refractivity contribution in [1.29, 1.82) is 0 Å². The van der Waals surface area contributed by atoms with Crippen LogP contribution in [-0.4, -0.2) is 36.6 Å². The van der Waals surface area contributed by atoms with Gasteiger partial charge < -0.3 is 4.90 Å². The standard InChI is InChI=1S/C29H24FN5O/c30-26-9-5-4-8-22(26)19-34(23-10-11-23)29(36)24-16-27(21-6-2-1-3-7-21)33-28-25(24)17-32-35(28)18-20-12-14-31-15-13-20/h1-9,12-17,23H,10-11,18-19H2. The molecule has 2 aromatic carbocycles. The lowest BCUT2D eigenvalue weighted by atomic mass is 10.1. The average molecular weight is 478 g/mol. The number of carbonyl (C=O) groups is 1. The minimum Gasteiger partial charge on any atom is -0.331 e. The summed E-state index contributed by atoms with van der Waals surface area (Å²) in [6.45, 7) is 0.734. The molecule has 5 aromatic rings. The van der Waals surface area contributed by atoms with Gasteiger partial charge in [-0.1, -0.05) is 48.5 Å². The van der Waals surface area contributed by atoms with Crippen molar-refractivity contribution in [3.05, 3.63) is 114 Å². The molecule has 0 saturated heterocycles. The smallest absolute Gasteiger partial charge is 0.255 e. The minimum absolute atomic E-state index is 0.104. The van der Waals surface area contributed by atoms with Crippen LogP contribution in [0.3, 0.4) is 0 Å². The Labute approximate surface area is 208 Å². The van der Waals surface area contributed by atoms with Crippen molar-refractivity contribution < 1.29 is 9.18 Å². The van der Waals surface area contributed by atoms with E-state index in [1.54, 1.807) is 41.7 Å². The Kier molecular flexibility index (Phi) is 5.73. The van der Waals surface area contributed by atoms with E-state index in [9.17, 15) is 9.18 Å². The second-order valence-electron chi connectivity index (χ2n) is 9.07. The fourth-order valence-corrected chi connectivity index (χ4v) is 4.48. The van der Waals surface area contributed by atoms with E-state index in [-0.39, 0.29) is 24.3 Å². The number of pyridine rings is 2. The van der Waals surface area contributed by atoms with Crippen molar-refractivity contribution in [3.63, 3.8) is 0 Å². The molecule has 6 nitrogen and oxygen atoms in total. The van der Waals surface area contributed by atoms with Crippen LogP contribution in [0, 0.1) is 5.82 Å². The number of benzene rings is 2. The second-order valence-corrected chi connectivity index (χ2v) is 9.07. The lowest BCUT2D eigenvalue weighted by molar-refractivity contribution is 0.0730. The Hall–Kier alpha value is -4.39. The molecule has 1 aliphatic rings. The summed E-state index contributed by atoms with van der Waals surface area (Å²) in [6.07, 6.45) is 7.03. The predicted octanol–water partition coefficient (Wildman–Crippen LogP) is 5.49. The van der Waals surface area contributed by atoms with Crippen molar-refractivity contribution in [1.82, 2.24) is 24.6 Å². The largest absolute Gasteiger partial charge is 0.331 e. The van der Waals surface area contributed by atoms with E-state index in [0.29, 0.717) is 34.4 Å². The molecule has 0 bridgehead atoms. The molecule has 6 rings (SSSR count). The summed E-state index contributed by atoms with van der Waals surface area (Å²) in [5.41, 5.74) is 4.33. The van der Waals surface area contributed by atoms with Gasteiger partial charge >= 0.3 is 0 Å². The molecule has 0 spiro atoms. The fraction of sp³-hybridized carbons (Fsp3) is 0.172. The lowest BCUT2D eigenvalue weighted by Crippen LogP contribution is -2.33. The normalized spacial score (nSPS) is 13.1. The monoisotopic (exact) mass is 477 g/mol. The molecule has 1 fully saturated rings. The zero-order valence-corrected chi connectivity index (χ0v) is 19.6. The quantitative estimate of drug-likeness (QED) is 0.311. The molecule has 178 valence electrons. The van der Waals surface area contributed by atoms with Gasteiger partial charge in [-0.3, -0.25) is 9.78 Å². The first-order valence-electron chi connectivity index (χ1n) is 12.0. The van der Waals surface area contributed by atoms with Crippen molar-refractivity contribution in [2.24, 2.45) is 0 Å². The van der Waals surface area contributed by atoms with Crippen molar-refractivity contribution >= 4 is 16.9 Å². The van der Waals surface area contributed by atoms with Crippen molar-refractivity contribution in [2.75, 3.05) is 0 Å². The Morgan fingerprint density at radius 2 is 1.75 bits per heavy atom. The molecule has 1 saturated carbocycles. The SMILES string of the molecule is O=C(c1cc(-c2ccccc2)nc2c1cnn2Cc1ccncc1)N(Cc1ccccc1F)C1CC1. The van der Waals surface area contributed by atoms with Gasteiger partial charge in [0.05, 0.1) is 29.4 Å². The molecule has 7 heteroatoms. The van der Waals surface area contributed by atoms with Crippen LogP contribution in [0.1, 0.15) is 34.3 Å². The number of halogens is 1. The van der Waals surface area contributed by atoms with Crippen molar-refractivity contribution in [3.8, 4) is 11.3 Å². The molecular formula is C29H24FN5O. The number of aromatic nitrogens is 4. The highest BCUT2D eigenvalue weighted by molar-refractivity contribution is 6.06. The van der Waals surface area contributed by atoms with Gasteiger partial charge in [0.25, 0.3) is 5.91 Å². The number of carbonyl (C=O) groups excluding carboxylic acids is 1. The van der Waals surface area contributed by atoms with Gasteiger partial charge in [0.2, 0.25) is 0 Å². The topological polar surface area (TPSA) is 63.9 Å². The number of fused-ring (bicyclic) bond motifs is 1.